The summed E-state index contributed by atoms with van der Waals surface area (Å²) in [4.78, 5) is 12.0. The first-order valence-corrected chi connectivity index (χ1v) is 6.80. The number of benzene rings is 1. The largest absolute Gasteiger partial charge is 0.396 e. The molecule has 18 heavy (non-hydrogen) atoms. The Kier molecular flexibility index (Phi) is 4.84. The van der Waals surface area contributed by atoms with E-state index in [9.17, 15) is 13.4 Å². The lowest BCUT2D eigenvalue weighted by molar-refractivity contribution is -0.120. The van der Waals surface area contributed by atoms with Gasteiger partial charge in [0.15, 0.2) is 0 Å². The predicted molar refractivity (Wildman–Crippen MR) is 70.0 cm³/mol. The van der Waals surface area contributed by atoms with E-state index in [1.54, 1.807) is 6.92 Å². The van der Waals surface area contributed by atoms with E-state index in [0.717, 1.165) is 6.07 Å². The maximum atomic E-state index is 13.3. The molecule has 1 amide bonds. The molecule has 0 bridgehead atoms. The first-order chi connectivity index (χ1) is 8.32. The number of anilines is 1. The molecule has 1 aromatic carbocycles. The van der Waals surface area contributed by atoms with Crippen molar-refractivity contribution < 1.29 is 13.4 Å². The Morgan fingerprint density at radius 3 is 2.50 bits per heavy atom. The number of hydrogen-bond donors (Lipinski definition) is 2. The number of nitrogens with two attached hydrogens (primary N) is 1. The van der Waals surface area contributed by atoms with E-state index in [0.29, 0.717) is 0 Å². The zero-order valence-corrected chi connectivity index (χ0v) is 11.4. The highest BCUT2D eigenvalue weighted by atomic mass is 32.2. The Morgan fingerprint density at radius 1 is 1.39 bits per heavy atom. The third kappa shape index (κ3) is 3.53. The lowest BCUT2D eigenvalue weighted by Gasteiger charge is -2.14. The molecular formula is C12H17FN2O2S. The van der Waals surface area contributed by atoms with E-state index in [4.69, 9.17) is 5.73 Å². The molecule has 0 aliphatic rings. The Bertz CT molecular complexity index is 477. The van der Waals surface area contributed by atoms with E-state index in [1.165, 1.54) is 12.1 Å². The van der Waals surface area contributed by atoms with Gasteiger partial charge >= 0.3 is 0 Å². The van der Waals surface area contributed by atoms with Gasteiger partial charge in [-0.2, -0.15) is 0 Å². The number of rotatable bonds is 4. The topological polar surface area (TPSA) is 72.2 Å². The van der Waals surface area contributed by atoms with Crippen LogP contribution in [0.5, 0.6) is 0 Å². The van der Waals surface area contributed by atoms with Gasteiger partial charge in [0.05, 0.1) is 16.5 Å². The van der Waals surface area contributed by atoms with E-state index in [1.807, 2.05) is 13.8 Å². The number of nitrogens with one attached hydrogen (secondary N) is 1. The summed E-state index contributed by atoms with van der Waals surface area (Å²) in [5, 5.41) is 1.93. The van der Waals surface area contributed by atoms with Gasteiger partial charge in [0.25, 0.3) is 0 Å². The second-order valence-electron chi connectivity index (χ2n) is 4.29. The van der Waals surface area contributed by atoms with Crippen LogP contribution in [0.4, 0.5) is 10.1 Å². The van der Waals surface area contributed by atoms with Crippen LogP contribution in [0.15, 0.2) is 23.1 Å². The smallest absolute Gasteiger partial charge is 0.236 e. The summed E-state index contributed by atoms with van der Waals surface area (Å²) in [5.74, 6) is -0.946. The van der Waals surface area contributed by atoms with Gasteiger partial charge in [0, 0.05) is 10.9 Å². The number of amides is 1. The third-order valence-corrected chi connectivity index (χ3v) is 3.90. The molecule has 0 saturated heterocycles. The maximum Gasteiger partial charge on any atom is 0.236 e. The summed E-state index contributed by atoms with van der Waals surface area (Å²) in [6.45, 7) is 5.18. The number of carbonyl (C=O) groups excluding carboxylic acids is 1. The van der Waals surface area contributed by atoms with Gasteiger partial charge in [-0.15, -0.1) is 0 Å². The van der Waals surface area contributed by atoms with Gasteiger partial charge in [-0.05, 0) is 39.0 Å². The van der Waals surface area contributed by atoms with Crippen LogP contribution in [0, 0.1) is 5.82 Å². The van der Waals surface area contributed by atoms with Crippen LogP contribution in [0.2, 0.25) is 0 Å². The lowest BCUT2D eigenvalue weighted by atomic mass is 10.3. The minimum Gasteiger partial charge on any atom is -0.396 e. The van der Waals surface area contributed by atoms with E-state index in [-0.39, 0.29) is 22.5 Å². The average Bonchev–Trinajstić information content (AvgIpc) is 2.30. The van der Waals surface area contributed by atoms with Crippen LogP contribution < -0.4 is 11.1 Å². The second-order valence-corrected chi connectivity index (χ2v) is 6.06. The van der Waals surface area contributed by atoms with Crippen LogP contribution >= 0.6 is 0 Å². The van der Waals surface area contributed by atoms with Crippen molar-refractivity contribution in [2.75, 3.05) is 5.73 Å². The normalized spacial score (nSPS) is 14.3. The van der Waals surface area contributed by atoms with Gasteiger partial charge in [0.1, 0.15) is 11.1 Å². The SMILES string of the molecule is CC(C)NC(=O)C(C)S(=O)c1ccc(N)c(F)c1. The summed E-state index contributed by atoms with van der Waals surface area (Å²) >= 11 is 0. The maximum absolute atomic E-state index is 13.3. The summed E-state index contributed by atoms with van der Waals surface area (Å²) in [7, 11) is -1.60. The fraction of sp³-hybridized carbons (Fsp3) is 0.417. The van der Waals surface area contributed by atoms with Crippen LogP contribution in [-0.2, 0) is 15.6 Å². The van der Waals surface area contributed by atoms with Crippen LogP contribution in [0.25, 0.3) is 0 Å². The molecule has 0 saturated carbocycles. The molecule has 1 aromatic rings. The van der Waals surface area contributed by atoms with Crippen molar-refractivity contribution in [3.63, 3.8) is 0 Å². The zero-order valence-electron chi connectivity index (χ0n) is 10.6. The first kappa shape index (κ1) is 14.6. The van der Waals surface area contributed by atoms with Crippen molar-refractivity contribution in [2.45, 2.75) is 37.0 Å². The molecule has 100 valence electrons. The highest BCUT2D eigenvalue weighted by Gasteiger charge is 2.22. The van der Waals surface area contributed by atoms with Crippen molar-refractivity contribution in [3.05, 3.63) is 24.0 Å². The quantitative estimate of drug-likeness (QED) is 0.814. The Balaban J connectivity index is 2.86. The molecule has 0 aliphatic heterocycles. The molecule has 0 radical (unpaired) electrons. The molecular weight excluding hydrogens is 255 g/mol. The standard InChI is InChI=1S/C12H17FN2O2S/c1-7(2)15-12(16)8(3)18(17)9-4-5-11(14)10(13)6-9/h4-8H,14H2,1-3H3,(H,15,16). The minimum atomic E-state index is -1.60. The summed E-state index contributed by atoms with van der Waals surface area (Å²) in [5.41, 5.74) is 5.33. The molecule has 0 fully saturated rings. The molecule has 0 heterocycles. The number of halogens is 1. The van der Waals surface area contributed by atoms with Crippen molar-refractivity contribution in [3.8, 4) is 0 Å². The molecule has 3 N–H and O–H groups in total. The van der Waals surface area contributed by atoms with Crippen molar-refractivity contribution in [2.24, 2.45) is 0 Å². The van der Waals surface area contributed by atoms with Gasteiger partial charge in [-0.3, -0.25) is 9.00 Å². The highest BCUT2D eigenvalue weighted by molar-refractivity contribution is 7.86. The van der Waals surface area contributed by atoms with Crippen LogP contribution in [-0.4, -0.2) is 21.4 Å². The summed E-state index contributed by atoms with van der Waals surface area (Å²) in [6, 6.07) is 3.88. The Morgan fingerprint density at radius 2 is 2.00 bits per heavy atom. The Labute approximate surface area is 108 Å². The summed E-state index contributed by atoms with van der Waals surface area (Å²) in [6.07, 6.45) is 0. The zero-order chi connectivity index (χ0) is 13.9. The number of nitrogen functional groups attached to an aromatic ring is 1. The van der Waals surface area contributed by atoms with Crippen LogP contribution in [0.3, 0.4) is 0 Å². The molecule has 2 unspecified atom stereocenters. The molecule has 0 aliphatic carbocycles. The molecule has 0 aromatic heterocycles. The molecule has 4 nitrogen and oxygen atoms in total. The first-order valence-electron chi connectivity index (χ1n) is 5.59. The molecule has 2 atom stereocenters. The van der Waals surface area contributed by atoms with Gasteiger partial charge in [-0.25, -0.2) is 4.39 Å². The second kappa shape index (κ2) is 5.95. The van der Waals surface area contributed by atoms with Crippen molar-refractivity contribution in [1.82, 2.24) is 5.32 Å². The van der Waals surface area contributed by atoms with Gasteiger partial charge < -0.3 is 11.1 Å². The minimum absolute atomic E-state index is 0.00460. The fourth-order valence-electron chi connectivity index (χ4n) is 1.34. The van der Waals surface area contributed by atoms with Crippen molar-refractivity contribution in [1.29, 1.82) is 0 Å². The van der Waals surface area contributed by atoms with E-state index < -0.39 is 21.9 Å². The monoisotopic (exact) mass is 272 g/mol. The van der Waals surface area contributed by atoms with Gasteiger partial charge in [0.2, 0.25) is 5.91 Å². The average molecular weight is 272 g/mol. The molecule has 1 rings (SSSR count). The number of carbonyl (C=O) groups is 1. The molecule has 0 spiro atoms. The fourth-order valence-corrected chi connectivity index (χ4v) is 2.43. The van der Waals surface area contributed by atoms with Crippen LogP contribution in [0.1, 0.15) is 20.8 Å². The van der Waals surface area contributed by atoms with Gasteiger partial charge in [-0.1, -0.05) is 0 Å². The Hall–Kier alpha value is -1.43. The summed E-state index contributed by atoms with van der Waals surface area (Å²) < 4.78 is 25.3. The number of hydrogen-bond acceptors (Lipinski definition) is 3. The highest BCUT2D eigenvalue weighted by Crippen LogP contribution is 2.17. The predicted octanol–water partition coefficient (Wildman–Crippen LogP) is 1.43. The lowest BCUT2D eigenvalue weighted by Crippen LogP contribution is -2.39. The van der Waals surface area contributed by atoms with E-state index >= 15 is 0 Å². The molecule has 6 heteroatoms. The van der Waals surface area contributed by atoms with Crippen molar-refractivity contribution >= 4 is 22.4 Å². The van der Waals surface area contributed by atoms with E-state index in [2.05, 4.69) is 5.32 Å². The third-order valence-electron chi connectivity index (χ3n) is 2.33.